The summed E-state index contributed by atoms with van der Waals surface area (Å²) >= 11 is 0. The van der Waals surface area contributed by atoms with Crippen molar-refractivity contribution in [2.24, 2.45) is 0 Å². The van der Waals surface area contributed by atoms with Crippen molar-refractivity contribution in [1.29, 1.82) is 0 Å². The summed E-state index contributed by atoms with van der Waals surface area (Å²) in [6.07, 6.45) is -8.18. The van der Waals surface area contributed by atoms with E-state index in [2.05, 4.69) is 0 Å². The fourth-order valence-corrected chi connectivity index (χ4v) is 2.77. The third-order valence-corrected chi connectivity index (χ3v) is 3.68. The van der Waals surface area contributed by atoms with Crippen LogP contribution in [0.15, 0.2) is 24.3 Å². The van der Waals surface area contributed by atoms with E-state index in [-0.39, 0.29) is 0 Å². The molecule has 18 heavy (non-hydrogen) atoms. The Morgan fingerprint density at radius 3 is 2.00 bits per heavy atom. The molecule has 1 unspecified atom stereocenters. The highest BCUT2D eigenvalue weighted by Gasteiger charge is 2.49. The maximum absolute atomic E-state index is 12.6. The SMILES string of the molecule is O=S(=O)(Cl)C(c1cccc(C(F)F)c1)C(F)(F)F. The number of halogens is 6. The third-order valence-electron chi connectivity index (χ3n) is 2.04. The fraction of sp³-hybridized carbons (Fsp3) is 0.333. The van der Waals surface area contributed by atoms with E-state index in [0.717, 1.165) is 18.2 Å². The summed E-state index contributed by atoms with van der Waals surface area (Å²) < 4.78 is 84.3. The maximum Gasteiger partial charge on any atom is 0.410 e. The molecular formula is C9H6ClF5O2S. The zero-order chi connectivity index (χ0) is 14.1. The first kappa shape index (κ1) is 15.2. The number of rotatable bonds is 3. The van der Waals surface area contributed by atoms with Gasteiger partial charge in [0.2, 0.25) is 9.05 Å². The molecule has 0 saturated heterocycles. The Labute approximate surface area is 104 Å². The first-order chi connectivity index (χ1) is 8.03. The largest absolute Gasteiger partial charge is 0.410 e. The lowest BCUT2D eigenvalue weighted by Gasteiger charge is -2.18. The Bertz CT molecular complexity index is 526. The highest BCUT2D eigenvalue weighted by Crippen LogP contribution is 2.41. The zero-order valence-electron chi connectivity index (χ0n) is 8.46. The van der Waals surface area contributed by atoms with E-state index in [4.69, 9.17) is 10.7 Å². The van der Waals surface area contributed by atoms with Crippen molar-refractivity contribution in [1.82, 2.24) is 0 Å². The minimum atomic E-state index is -5.18. The summed E-state index contributed by atoms with van der Waals surface area (Å²) in [5, 5.41) is -3.02. The van der Waals surface area contributed by atoms with Crippen LogP contribution < -0.4 is 0 Å². The Morgan fingerprint density at radius 2 is 1.61 bits per heavy atom. The molecule has 1 aromatic rings. The Balaban J connectivity index is 3.36. The molecule has 0 N–H and O–H groups in total. The van der Waals surface area contributed by atoms with Gasteiger partial charge in [0, 0.05) is 16.2 Å². The van der Waals surface area contributed by atoms with Crippen LogP contribution in [-0.2, 0) is 9.05 Å². The molecule has 0 amide bonds. The van der Waals surface area contributed by atoms with Gasteiger partial charge in [-0.2, -0.15) is 13.2 Å². The molecule has 0 aromatic heterocycles. The van der Waals surface area contributed by atoms with Gasteiger partial charge in [0.05, 0.1) is 0 Å². The van der Waals surface area contributed by atoms with Crippen LogP contribution in [0, 0.1) is 0 Å². The highest BCUT2D eigenvalue weighted by atomic mass is 35.7. The van der Waals surface area contributed by atoms with Crippen molar-refractivity contribution in [2.75, 3.05) is 0 Å². The summed E-state index contributed by atoms with van der Waals surface area (Å²) in [5.74, 6) is 0. The van der Waals surface area contributed by atoms with E-state index in [1.807, 2.05) is 0 Å². The topological polar surface area (TPSA) is 34.1 Å². The van der Waals surface area contributed by atoms with Crippen molar-refractivity contribution in [2.45, 2.75) is 17.9 Å². The third kappa shape index (κ3) is 3.55. The second kappa shape index (κ2) is 5.00. The molecule has 0 fully saturated rings. The molecule has 0 bridgehead atoms. The number of alkyl halides is 5. The van der Waals surface area contributed by atoms with Crippen molar-refractivity contribution < 1.29 is 30.4 Å². The summed E-state index contributed by atoms with van der Waals surface area (Å²) in [6, 6.07) is 3.06. The molecule has 0 saturated carbocycles. The molecule has 0 heterocycles. The van der Waals surface area contributed by atoms with Gasteiger partial charge in [-0.3, -0.25) is 0 Å². The summed E-state index contributed by atoms with van der Waals surface area (Å²) in [7, 11) is -0.301. The van der Waals surface area contributed by atoms with E-state index in [0.29, 0.717) is 6.07 Å². The van der Waals surface area contributed by atoms with E-state index in [1.165, 1.54) is 0 Å². The molecule has 0 aliphatic heterocycles. The zero-order valence-corrected chi connectivity index (χ0v) is 10.0. The predicted octanol–water partition coefficient (Wildman–Crippen LogP) is 3.80. The average Bonchev–Trinajstić information content (AvgIpc) is 2.13. The van der Waals surface area contributed by atoms with Crippen LogP contribution in [0.4, 0.5) is 22.0 Å². The van der Waals surface area contributed by atoms with Crippen molar-refractivity contribution in [3.05, 3.63) is 35.4 Å². The number of hydrogen-bond acceptors (Lipinski definition) is 2. The maximum atomic E-state index is 12.6. The lowest BCUT2D eigenvalue weighted by Crippen LogP contribution is -2.25. The van der Waals surface area contributed by atoms with Crippen LogP contribution in [0.25, 0.3) is 0 Å². The Hall–Kier alpha value is -0.890. The van der Waals surface area contributed by atoms with E-state index in [9.17, 15) is 30.4 Å². The van der Waals surface area contributed by atoms with Gasteiger partial charge in [0.15, 0.2) is 5.25 Å². The molecule has 1 rings (SSSR count). The highest BCUT2D eigenvalue weighted by molar-refractivity contribution is 8.14. The molecule has 9 heteroatoms. The van der Waals surface area contributed by atoms with Crippen molar-refractivity contribution in [3.8, 4) is 0 Å². The molecule has 1 aromatic carbocycles. The Kier molecular flexibility index (Phi) is 4.22. The first-order valence-corrected chi connectivity index (χ1v) is 6.79. The fourth-order valence-electron chi connectivity index (χ4n) is 1.37. The number of benzene rings is 1. The van der Waals surface area contributed by atoms with Crippen molar-refractivity contribution >= 4 is 19.7 Å². The standard InChI is InChI=1S/C9H6ClF5O2S/c10-18(16,17)7(9(13,14)15)5-2-1-3-6(4-5)8(11)12/h1-4,7-8H. The van der Waals surface area contributed by atoms with Crippen LogP contribution in [0.2, 0.25) is 0 Å². The quantitative estimate of drug-likeness (QED) is 0.629. The summed E-state index contributed by atoms with van der Waals surface area (Å²) in [5.41, 5.74) is -1.54. The van der Waals surface area contributed by atoms with Gasteiger partial charge in [-0.05, 0) is 11.6 Å². The van der Waals surface area contributed by atoms with Crippen LogP contribution >= 0.6 is 10.7 Å². The van der Waals surface area contributed by atoms with Crippen LogP contribution in [0.1, 0.15) is 22.8 Å². The molecule has 0 spiro atoms. The van der Waals surface area contributed by atoms with Gasteiger partial charge in [0.25, 0.3) is 6.43 Å². The minimum absolute atomic E-state index is 0.475. The molecule has 1 atom stereocenters. The monoisotopic (exact) mass is 308 g/mol. The summed E-state index contributed by atoms with van der Waals surface area (Å²) in [4.78, 5) is 0. The van der Waals surface area contributed by atoms with Crippen LogP contribution in [0.3, 0.4) is 0 Å². The second-order valence-corrected chi connectivity index (χ2v) is 6.08. The molecule has 0 aliphatic carbocycles. The summed E-state index contributed by atoms with van der Waals surface area (Å²) in [6.45, 7) is 0. The van der Waals surface area contributed by atoms with E-state index >= 15 is 0 Å². The van der Waals surface area contributed by atoms with Gasteiger partial charge in [-0.15, -0.1) is 0 Å². The minimum Gasteiger partial charge on any atom is -0.211 e. The number of hydrogen-bond donors (Lipinski definition) is 0. The molecule has 102 valence electrons. The Morgan fingerprint density at radius 1 is 1.11 bits per heavy atom. The molecule has 0 radical (unpaired) electrons. The van der Waals surface area contributed by atoms with Crippen molar-refractivity contribution in [3.63, 3.8) is 0 Å². The average molecular weight is 309 g/mol. The first-order valence-electron chi connectivity index (χ1n) is 4.41. The predicted molar refractivity (Wildman–Crippen MR) is 55.0 cm³/mol. The molecular weight excluding hydrogens is 303 g/mol. The van der Waals surface area contributed by atoms with Gasteiger partial charge >= 0.3 is 6.18 Å². The van der Waals surface area contributed by atoms with Crippen LogP contribution in [-0.4, -0.2) is 14.6 Å². The second-order valence-electron chi connectivity index (χ2n) is 3.37. The van der Waals surface area contributed by atoms with Gasteiger partial charge in [0.1, 0.15) is 0 Å². The van der Waals surface area contributed by atoms with E-state index < -0.39 is 38.0 Å². The van der Waals surface area contributed by atoms with E-state index in [1.54, 1.807) is 0 Å². The molecule has 0 aliphatic rings. The normalized spacial score (nSPS) is 14.8. The van der Waals surface area contributed by atoms with Gasteiger partial charge in [-0.1, -0.05) is 18.2 Å². The van der Waals surface area contributed by atoms with Gasteiger partial charge in [-0.25, -0.2) is 17.2 Å². The van der Waals surface area contributed by atoms with Gasteiger partial charge < -0.3 is 0 Å². The smallest absolute Gasteiger partial charge is 0.211 e. The molecule has 2 nitrogen and oxygen atoms in total. The lowest BCUT2D eigenvalue weighted by atomic mass is 10.1. The lowest BCUT2D eigenvalue weighted by molar-refractivity contribution is -0.131. The van der Waals surface area contributed by atoms with Crippen LogP contribution in [0.5, 0.6) is 0 Å².